The third-order valence-electron chi connectivity index (χ3n) is 2.85. The molecular weight excluding hydrogens is 297 g/mol. The van der Waals surface area contributed by atoms with Gasteiger partial charge in [0.05, 0.1) is 12.0 Å². The number of methoxy groups -OCH3 is 1. The molecular formula is C14H12FNO4S. The lowest BCUT2D eigenvalue weighted by Gasteiger charge is -2.07. The molecule has 0 saturated heterocycles. The number of hydrogen-bond acceptors (Lipinski definition) is 5. The molecule has 7 heteroatoms. The van der Waals surface area contributed by atoms with Crippen LogP contribution in [0.5, 0.6) is 0 Å². The summed E-state index contributed by atoms with van der Waals surface area (Å²) in [5, 5.41) is -0.292. The molecule has 0 bridgehead atoms. The molecule has 5 nitrogen and oxygen atoms in total. The van der Waals surface area contributed by atoms with Crippen LogP contribution in [0.2, 0.25) is 0 Å². The van der Waals surface area contributed by atoms with Crippen LogP contribution in [-0.4, -0.2) is 26.5 Å². The van der Waals surface area contributed by atoms with Crippen LogP contribution in [0, 0.1) is 12.7 Å². The van der Waals surface area contributed by atoms with Crippen molar-refractivity contribution in [3.8, 4) is 0 Å². The van der Waals surface area contributed by atoms with E-state index < -0.39 is 21.6 Å². The molecule has 0 aliphatic rings. The number of sulfone groups is 1. The second-order valence-corrected chi connectivity index (χ2v) is 6.16. The number of aryl methyl sites for hydroxylation is 1. The zero-order valence-corrected chi connectivity index (χ0v) is 12.1. The Morgan fingerprint density at radius 1 is 1.14 bits per heavy atom. The van der Waals surface area contributed by atoms with E-state index in [-0.39, 0.29) is 15.6 Å². The Kier molecular flexibility index (Phi) is 4.04. The molecule has 1 heterocycles. The van der Waals surface area contributed by atoms with E-state index in [1.165, 1.54) is 19.2 Å². The Labute approximate surface area is 121 Å². The lowest BCUT2D eigenvalue weighted by Crippen LogP contribution is -2.12. The van der Waals surface area contributed by atoms with Crippen molar-refractivity contribution in [2.75, 3.05) is 7.11 Å². The number of carbonyl (C=O) groups is 1. The van der Waals surface area contributed by atoms with Crippen molar-refractivity contribution in [3.05, 3.63) is 53.5 Å². The summed E-state index contributed by atoms with van der Waals surface area (Å²) in [5.74, 6) is -1.26. The maximum Gasteiger partial charge on any atom is 0.356 e. The molecule has 0 fully saturated rings. The third-order valence-corrected chi connectivity index (χ3v) is 4.52. The van der Waals surface area contributed by atoms with Gasteiger partial charge in [0.15, 0.2) is 10.7 Å². The van der Waals surface area contributed by atoms with Crippen molar-refractivity contribution in [2.45, 2.75) is 16.8 Å². The van der Waals surface area contributed by atoms with Gasteiger partial charge in [-0.05, 0) is 42.8 Å². The Bertz CT molecular complexity index is 785. The zero-order chi connectivity index (χ0) is 15.6. The summed E-state index contributed by atoms with van der Waals surface area (Å²) in [6.45, 7) is 1.62. The summed E-state index contributed by atoms with van der Waals surface area (Å²) in [4.78, 5) is 15.3. The molecule has 21 heavy (non-hydrogen) atoms. The number of hydrogen-bond donors (Lipinski definition) is 0. The number of pyridine rings is 1. The summed E-state index contributed by atoms with van der Waals surface area (Å²) in [5.41, 5.74) is 0.431. The van der Waals surface area contributed by atoms with Crippen molar-refractivity contribution in [3.63, 3.8) is 0 Å². The Hall–Kier alpha value is -2.28. The van der Waals surface area contributed by atoms with Crippen LogP contribution < -0.4 is 0 Å². The smallest absolute Gasteiger partial charge is 0.356 e. The standard InChI is InChI=1S/C14H12FNO4S/c1-9-3-8-12(16-13(9)14(17)20-2)21(18,19)11-6-4-10(15)5-7-11/h3-8H,1-2H3. The van der Waals surface area contributed by atoms with Crippen LogP contribution in [0.15, 0.2) is 46.3 Å². The maximum absolute atomic E-state index is 12.9. The monoisotopic (exact) mass is 309 g/mol. The molecule has 2 rings (SSSR count). The summed E-state index contributed by atoms with van der Waals surface area (Å²) in [6, 6.07) is 7.13. The molecule has 0 radical (unpaired) electrons. The van der Waals surface area contributed by atoms with Crippen molar-refractivity contribution in [1.29, 1.82) is 0 Å². The number of nitrogens with zero attached hydrogens (tertiary/aromatic N) is 1. The fourth-order valence-electron chi connectivity index (χ4n) is 1.70. The molecule has 0 saturated carbocycles. The molecule has 0 aliphatic heterocycles. The molecule has 0 amide bonds. The van der Waals surface area contributed by atoms with E-state index in [2.05, 4.69) is 9.72 Å². The van der Waals surface area contributed by atoms with Gasteiger partial charge in [-0.2, -0.15) is 0 Å². The number of aromatic nitrogens is 1. The average molecular weight is 309 g/mol. The van der Waals surface area contributed by atoms with Gasteiger partial charge in [0.25, 0.3) is 0 Å². The minimum atomic E-state index is -3.92. The fraction of sp³-hybridized carbons (Fsp3) is 0.143. The number of carbonyl (C=O) groups excluding carboxylic acids is 1. The van der Waals surface area contributed by atoms with E-state index in [0.717, 1.165) is 24.3 Å². The minimum Gasteiger partial charge on any atom is -0.464 e. The summed E-state index contributed by atoms with van der Waals surface area (Å²) in [6.07, 6.45) is 0. The predicted octanol–water partition coefficient (Wildman–Crippen LogP) is 2.15. The molecule has 0 aliphatic carbocycles. The highest BCUT2D eigenvalue weighted by Crippen LogP contribution is 2.21. The van der Waals surface area contributed by atoms with Gasteiger partial charge in [0.1, 0.15) is 5.82 Å². The molecule has 2 aromatic rings. The second-order valence-electron chi connectivity index (χ2n) is 4.26. The van der Waals surface area contributed by atoms with Crippen LogP contribution in [0.3, 0.4) is 0 Å². The van der Waals surface area contributed by atoms with Crippen molar-refractivity contribution >= 4 is 15.8 Å². The van der Waals surface area contributed by atoms with E-state index in [4.69, 9.17) is 0 Å². The molecule has 0 spiro atoms. The van der Waals surface area contributed by atoms with Gasteiger partial charge in [-0.3, -0.25) is 0 Å². The molecule has 0 unspecified atom stereocenters. The predicted molar refractivity (Wildman–Crippen MR) is 72.2 cm³/mol. The number of benzene rings is 1. The summed E-state index contributed by atoms with van der Waals surface area (Å²) in [7, 11) is -2.74. The van der Waals surface area contributed by atoms with E-state index in [9.17, 15) is 17.6 Å². The van der Waals surface area contributed by atoms with Gasteiger partial charge in [-0.25, -0.2) is 22.6 Å². The quantitative estimate of drug-likeness (QED) is 0.641. The summed E-state index contributed by atoms with van der Waals surface area (Å²) >= 11 is 0. The molecule has 0 atom stereocenters. The lowest BCUT2D eigenvalue weighted by atomic mass is 10.2. The van der Waals surface area contributed by atoms with Crippen molar-refractivity contribution in [2.24, 2.45) is 0 Å². The van der Waals surface area contributed by atoms with Gasteiger partial charge < -0.3 is 4.74 Å². The molecule has 1 aromatic heterocycles. The fourth-order valence-corrected chi connectivity index (χ4v) is 2.89. The van der Waals surface area contributed by atoms with Crippen LogP contribution in [0.1, 0.15) is 16.1 Å². The van der Waals surface area contributed by atoms with Gasteiger partial charge in [0.2, 0.25) is 9.84 Å². The minimum absolute atomic E-state index is 0.0688. The van der Waals surface area contributed by atoms with Crippen molar-refractivity contribution in [1.82, 2.24) is 4.98 Å². The number of ether oxygens (including phenoxy) is 1. The first kappa shape index (κ1) is 15.1. The molecule has 1 aromatic carbocycles. The Balaban J connectivity index is 2.55. The van der Waals surface area contributed by atoms with E-state index >= 15 is 0 Å². The maximum atomic E-state index is 12.9. The highest BCUT2D eigenvalue weighted by atomic mass is 32.2. The zero-order valence-electron chi connectivity index (χ0n) is 11.3. The first-order valence-electron chi connectivity index (χ1n) is 5.93. The highest BCUT2D eigenvalue weighted by molar-refractivity contribution is 7.91. The third kappa shape index (κ3) is 2.92. The lowest BCUT2D eigenvalue weighted by molar-refractivity contribution is 0.0592. The molecule has 110 valence electrons. The average Bonchev–Trinajstić information content (AvgIpc) is 2.47. The van der Waals surface area contributed by atoms with Gasteiger partial charge in [-0.15, -0.1) is 0 Å². The van der Waals surface area contributed by atoms with Crippen LogP contribution in [0.25, 0.3) is 0 Å². The largest absolute Gasteiger partial charge is 0.464 e. The normalized spacial score (nSPS) is 11.2. The van der Waals surface area contributed by atoms with Crippen LogP contribution >= 0.6 is 0 Å². The van der Waals surface area contributed by atoms with Gasteiger partial charge >= 0.3 is 5.97 Å². The number of halogens is 1. The number of rotatable bonds is 3. The number of esters is 1. The SMILES string of the molecule is COC(=O)c1nc(S(=O)(=O)c2ccc(F)cc2)ccc1C. The van der Waals surface area contributed by atoms with Crippen LogP contribution in [0.4, 0.5) is 4.39 Å². The van der Waals surface area contributed by atoms with Crippen LogP contribution in [-0.2, 0) is 14.6 Å². The first-order valence-corrected chi connectivity index (χ1v) is 7.41. The van der Waals surface area contributed by atoms with Crippen molar-refractivity contribution < 1.29 is 22.3 Å². The van der Waals surface area contributed by atoms with Gasteiger partial charge in [0, 0.05) is 0 Å². The molecule has 0 N–H and O–H groups in total. The van der Waals surface area contributed by atoms with Gasteiger partial charge in [-0.1, -0.05) is 6.07 Å². The highest BCUT2D eigenvalue weighted by Gasteiger charge is 2.22. The van der Waals surface area contributed by atoms with E-state index in [1.54, 1.807) is 6.92 Å². The van der Waals surface area contributed by atoms with E-state index in [0.29, 0.717) is 5.56 Å². The Morgan fingerprint density at radius 3 is 2.33 bits per heavy atom. The first-order chi connectivity index (χ1) is 9.86. The van der Waals surface area contributed by atoms with E-state index in [1.807, 2.05) is 0 Å². The Morgan fingerprint density at radius 2 is 1.76 bits per heavy atom. The summed E-state index contributed by atoms with van der Waals surface area (Å²) < 4.78 is 42.2. The topological polar surface area (TPSA) is 73.3 Å². The second kappa shape index (κ2) is 5.61.